The van der Waals surface area contributed by atoms with Crippen LogP contribution in [-0.4, -0.2) is 11.6 Å². The second-order valence-corrected chi connectivity index (χ2v) is 4.97. The molecule has 3 rings (SSSR count). The fourth-order valence-corrected chi connectivity index (χ4v) is 2.32. The van der Waals surface area contributed by atoms with Gasteiger partial charge in [0.25, 0.3) is 0 Å². The summed E-state index contributed by atoms with van der Waals surface area (Å²) in [5, 5.41) is 0. The number of Topliss-reactive ketones (excluding diaryl/α,β-unsaturated/α-hetero) is 2. The molecule has 0 spiro atoms. The second kappa shape index (κ2) is 6.19. The van der Waals surface area contributed by atoms with Gasteiger partial charge in [0.1, 0.15) is 0 Å². The molecule has 2 nitrogen and oxygen atoms in total. The van der Waals surface area contributed by atoms with E-state index in [1.807, 2.05) is 42.5 Å². The molecule has 0 fully saturated rings. The summed E-state index contributed by atoms with van der Waals surface area (Å²) >= 11 is 0. The van der Waals surface area contributed by atoms with E-state index < -0.39 is 11.6 Å². The normalized spacial score (nSPS) is 10.2. The van der Waals surface area contributed by atoms with Crippen molar-refractivity contribution in [1.82, 2.24) is 0 Å². The zero-order valence-corrected chi connectivity index (χ0v) is 11.9. The van der Waals surface area contributed by atoms with Crippen LogP contribution in [0.5, 0.6) is 0 Å². The molecule has 0 saturated carbocycles. The summed E-state index contributed by atoms with van der Waals surface area (Å²) in [6, 6.07) is 25.6. The van der Waals surface area contributed by atoms with Crippen molar-refractivity contribution < 1.29 is 9.59 Å². The van der Waals surface area contributed by atoms with Crippen molar-refractivity contribution in [3.05, 3.63) is 96.1 Å². The first kappa shape index (κ1) is 14.0. The Labute approximate surface area is 129 Å². The molecule has 0 aliphatic carbocycles. The van der Waals surface area contributed by atoms with Crippen LogP contribution in [0.15, 0.2) is 84.9 Å². The van der Waals surface area contributed by atoms with Crippen LogP contribution in [0.1, 0.15) is 20.7 Å². The number of rotatable bonds is 4. The molecule has 0 amide bonds. The zero-order chi connectivity index (χ0) is 15.4. The van der Waals surface area contributed by atoms with Crippen LogP contribution in [0, 0.1) is 0 Å². The first-order chi connectivity index (χ1) is 10.8. The molecule has 0 bridgehead atoms. The molecule has 0 aliphatic rings. The van der Waals surface area contributed by atoms with Gasteiger partial charge in [0.2, 0.25) is 11.6 Å². The quantitative estimate of drug-likeness (QED) is 0.525. The van der Waals surface area contributed by atoms with Gasteiger partial charge in [-0.15, -0.1) is 0 Å². The highest BCUT2D eigenvalue weighted by atomic mass is 16.2. The second-order valence-electron chi connectivity index (χ2n) is 4.97. The summed E-state index contributed by atoms with van der Waals surface area (Å²) in [6.45, 7) is 0. The average molecular weight is 286 g/mol. The van der Waals surface area contributed by atoms with Gasteiger partial charge in [0, 0.05) is 11.1 Å². The lowest BCUT2D eigenvalue weighted by Gasteiger charge is -2.05. The fraction of sp³-hybridized carbons (Fsp3) is 0. The van der Waals surface area contributed by atoms with Crippen LogP contribution in [0.4, 0.5) is 0 Å². The molecule has 106 valence electrons. The lowest BCUT2D eigenvalue weighted by atomic mass is 9.97. The average Bonchev–Trinajstić information content (AvgIpc) is 2.62. The fourth-order valence-electron chi connectivity index (χ4n) is 2.32. The summed E-state index contributed by atoms with van der Waals surface area (Å²) in [6.07, 6.45) is 0. The lowest BCUT2D eigenvalue weighted by molar-refractivity contribution is 0.0817. The Balaban J connectivity index is 1.93. The van der Waals surface area contributed by atoms with Crippen molar-refractivity contribution >= 4 is 11.6 Å². The molecule has 0 unspecified atom stereocenters. The van der Waals surface area contributed by atoms with Crippen LogP contribution in [0.3, 0.4) is 0 Å². The Kier molecular flexibility index (Phi) is 3.92. The summed E-state index contributed by atoms with van der Waals surface area (Å²) in [5.41, 5.74) is 2.77. The van der Waals surface area contributed by atoms with Crippen molar-refractivity contribution in [3.8, 4) is 11.1 Å². The Bertz CT molecular complexity index is 805. The maximum absolute atomic E-state index is 12.4. The van der Waals surface area contributed by atoms with Gasteiger partial charge in [-0.2, -0.15) is 0 Å². The SMILES string of the molecule is O=C(C(=O)c1cccc(-c2ccccc2)c1)c1ccccc1. The van der Waals surface area contributed by atoms with Gasteiger partial charge in [-0.05, 0) is 17.2 Å². The predicted molar refractivity (Wildman–Crippen MR) is 87.0 cm³/mol. The number of hydrogen-bond donors (Lipinski definition) is 0. The van der Waals surface area contributed by atoms with Gasteiger partial charge >= 0.3 is 0 Å². The van der Waals surface area contributed by atoms with Crippen molar-refractivity contribution in [2.24, 2.45) is 0 Å². The van der Waals surface area contributed by atoms with E-state index in [1.54, 1.807) is 42.5 Å². The van der Waals surface area contributed by atoms with E-state index in [2.05, 4.69) is 0 Å². The number of benzene rings is 3. The van der Waals surface area contributed by atoms with E-state index in [9.17, 15) is 9.59 Å². The first-order valence-electron chi connectivity index (χ1n) is 7.05. The molecule has 0 radical (unpaired) electrons. The van der Waals surface area contributed by atoms with Crippen LogP contribution in [-0.2, 0) is 0 Å². The third kappa shape index (κ3) is 2.86. The highest BCUT2D eigenvalue weighted by molar-refractivity contribution is 6.49. The van der Waals surface area contributed by atoms with E-state index in [-0.39, 0.29) is 0 Å². The summed E-state index contributed by atoms with van der Waals surface area (Å²) in [4.78, 5) is 24.6. The predicted octanol–water partition coefficient (Wildman–Crippen LogP) is 4.42. The van der Waals surface area contributed by atoms with E-state index in [1.165, 1.54) is 0 Å². The van der Waals surface area contributed by atoms with Gasteiger partial charge in [-0.1, -0.05) is 78.9 Å². The Morgan fingerprint density at radius 2 is 1.00 bits per heavy atom. The van der Waals surface area contributed by atoms with Crippen LogP contribution in [0.25, 0.3) is 11.1 Å². The van der Waals surface area contributed by atoms with Gasteiger partial charge in [0.05, 0.1) is 0 Å². The molecule has 22 heavy (non-hydrogen) atoms. The van der Waals surface area contributed by atoms with Crippen LogP contribution in [0.2, 0.25) is 0 Å². The first-order valence-corrected chi connectivity index (χ1v) is 7.05. The molecule has 0 saturated heterocycles. The molecule has 2 heteroatoms. The standard InChI is InChI=1S/C20H14O2/c21-19(16-10-5-2-6-11-16)20(22)18-13-7-12-17(14-18)15-8-3-1-4-9-15/h1-14H. The zero-order valence-electron chi connectivity index (χ0n) is 11.9. The Morgan fingerprint density at radius 3 is 1.68 bits per heavy atom. The third-order valence-electron chi connectivity index (χ3n) is 3.47. The smallest absolute Gasteiger partial charge is 0.233 e. The van der Waals surface area contributed by atoms with Crippen molar-refractivity contribution in [1.29, 1.82) is 0 Å². The van der Waals surface area contributed by atoms with Gasteiger partial charge in [0.15, 0.2) is 0 Å². The molecule has 0 aliphatic heterocycles. The minimum atomic E-state index is -0.482. The Hall–Kier alpha value is -3.00. The van der Waals surface area contributed by atoms with Crippen molar-refractivity contribution in [2.45, 2.75) is 0 Å². The van der Waals surface area contributed by atoms with E-state index >= 15 is 0 Å². The van der Waals surface area contributed by atoms with Gasteiger partial charge in [-0.25, -0.2) is 0 Å². The van der Waals surface area contributed by atoms with Crippen LogP contribution < -0.4 is 0 Å². The number of hydrogen-bond acceptors (Lipinski definition) is 2. The topological polar surface area (TPSA) is 34.1 Å². The van der Waals surface area contributed by atoms with E-state index in [0.717, 1.165) is 11.1 Å². The molecular weight excluding hydrogens is 272 g/mol. The largest absolute Gasteiger partial charge is 0.285 e. The Morgan fingerprint density at radius 1 is 0.500 bits per heavy atom. The van der Waals surface area contributed by atoms with Crippen LogP contribution >= 0.6 is 0 Å². The molecule has 3 aromatic carbocycles. The lowest BCUT2D eigenvalue weighted by Crippen LogP contribution is -2.14. The van der Waals surface area contributed by atoms with Crippen molar-refractivity contribution in [3.63, 3.8) is 0 Å². The maximum atomic E-state index is 12.4. The molecule has 0 N–H and O–H groups in total. The minimum Gasteiger partial charge on any atom is -0.285 e. The maximum Gasteiger partial charge on any atom is 0.233 e. The molecule has 0 heterocycles. The van der Waals surface area contributed by atoms with Gasteiger partial charge < -0.3 is 0 Å². The molecular formula is C20H14O2. The molecule has 0 aromatic heterocycles. The monoisotopic (exact) mass is 286 g/mol. The highest BCUT2D eigenvalue weighted by Gasteiger charge is 2.18. The highest BCUT2D eigenvalue weighted by Crippen LogP contribution is 2.20. The van der Waals surface area contributed by atoms with Crippen molar-refractivity contribution in [2.75, 3.05) is 0 Å². The number of ketones is 2. The summed E-state index contributed by atoms with van der Waals surface area (Å²) < 4.78 is 0. The van der Waals surface area contributed by atoms with E-state index in [0.29, 0.717) is 11.1 Å². The molecule has 3 aromatic rings. The number of carbonyl (C=O) groups excluding carboxylic acids is 2. The minimum absolute atomic E-state index is 0.412. The number of carbonyl (C=O) groups is 2. The summed E-state index contributed by atoms with van der Waals surface area (Å²) in [5.74, 6) is -0.963. The summed E-state index contributed by atoms with van der Waals surface area (Å²) in [7, 11) is 0. The third-order valence-corrected chi connectivity index (χ3v) is 3.47. The van der Waals surface area contributed by atoms with Gasteiger partial charge in [-0.3, -0.25) is 9.59 Å². The molecule has 0 atom stereocenters. The van der Waals surface area contributed by atoms with E-state index in [4.69, 9.17) is 0 Å².